The number of allylic oxidation sites excluding steroid dienone is 3. The second kappa shape index (κ2) is 7.17. The Morgan fingerprint density at radius 2 is 1.96 bits per heavy atom. The van der Waals surface area contributed by atoms with Crippen molar-refractivity contribution in [2.75, 3.05) is 26.2 Å². The monoisotopic (exact) mass is 322 g/mol. The predicted octanol–water partition coefficient (Wildman–Crippen LogP) is 1.97. The molecule has 2 aliphatic heterocycles. The van der Waals surface area contributed by atoms with Gasteiger partial charge in [0.25, 0.3) is 0 Å². The van der Waals surface area contributed by atoms with E-state index in [1.807, 2.05) is 39.8 Å². The molecule has 2 aliphatic rings. The number of ether oxygens (including phenoxy) is 2. The summed E-state index contributed by atoms with van der Waals surface area (Å²) in [5.41, 5.74) is -0.531. The molecule has 0 aromatic rings. The molecule has 0 bridgehead atoms. The number of carbonyl (C=O) groups is 2. The highest BCUT2D eigenvalue weighted by Gasteiger charge is 2.44. The Bertz CT molecular complexity index is 507. The Balaban J connectivity index is 2.02. The minimum atomic E-state index is -0.531. The highest BCUT2D eigenvalue weighted by Crippen LogP contribution is 2.24. The fraction of sp³-hybridized carbons (Fsp3) is 0.647. The standard InChI is InChI=1S/C17H26N2O4/c1-5-6-7-8-15(20)19-9-10-22-14-12-18(11-13(14)19)16(21)23-17(2,3)4/h5-8,13-14H,9-12H2,1-4H3/b6-5+,8-7+/t13-,14+/m0/s1. The molecule has 2 amide bonds. The molecule has 0 spiro atoms. The number of amides is 2. The first-order chi connectivity index (χ1) is 10.8. The Morgan fingerprint density at radius 1 is 1.22 bits per heavy atom. The maximum absolute atomic E-state index is 12.3. The third kappa shape index (κ3) is 4.58. The van der Waals surface area contributed by atoms with Gasteiger partial charge in [-0.3, -0.25) is 4.79 Å². The number of morpholine rings is 1. The molecule has 2 heterocycles. The number of carbonyl (C=O) groups excluding carboxylic acids is 2. The van der Waals surface area contributed by atoms with Gasteiger partial charge in [0.05, 0.1) is 25.3 Å². The van der Waals surface area contributed by atoms with Crippen LogP contribution in [0.2, 0.25) is 0 Å². The van der Waals surface area contributed by atoms with Crippen LogP contribution in [0.15, 0.2) is 24.3 Å². The molecule has 23 heavy (non-hydrogen) atoms. The molecule has 2 fully saturated rings. The van der Waals surface area contributed by atoms with Crippen molar-refractivity contribution in [3.63, 3.8) is 0 Å². The van der Waals surface area contributed by atoms with E-state index in [9.17, 15) is 9.59 Å². The minimum absolute atomic E-state index is 0.0487. The summed E-state index contributed by atoms with van der Waals surface area (Å²) in [6.45, 7) is 9.36. The molecule has 0 aromatic heterocycles. The molecule has 0 N–H and O–H groups in total. The molecule has 6 nitrogen and oxygen atoms in total. The van der Waals surface area contributed by atoms with Gasteiger partial charge >= 0.3 is 6.09 Å². The lowest BCUT2D eigenvalue weighted by molar-refractivity contribution is -0.137. The van der Waals surface area contributed by atoms with Crippen LogP contribution in [0.1, 0.15) is 27.7 Å². The van der Waals surface area contributed by atoms with Gasteiger partial charge in [0, 0.05) is 19.2 Å². The van der Waals surface area contributed by atoms with E-state index in [1.165, 1.54) is 0 Å². The third-order valence-corrected chi connectivity index (χ3v) is 3.78. The van der Waals surface area contributed by atoms with Crippen molar-refractivity contribution < 1.29 is 19.1 Å². The van der Waals surface area contributed by atoms with Gasteiger partial charge in [0.2, 0.25) is 5.91 Å². The van der Waals surface area contributed by atoms with Gasteiger partial charge in [-0.05, 0) is 27.7 Å². The molecule has 0 aliphatic carbocycles. The van der Waals surface area contributed by atoms with Crippen LogP contribution in [0.5, 0.6) is 0 Å². The second-order valence-corrected chi connectivity index (χ2v) is 6.78. The van der Waals surface area contributed by atoms with Gasteiger partial charge < -0.3 is 19.3 Å². The van der Waals surface area contributed by atoms with Crippen LogP contribution in [0, 0.1) is 0 Å². The Kier molecular flexibility index (Phi) is 5.46. The average molecular weight is 322 g/mol. The van der Waals surface area contributed by atoms with Crippen LogP contribution in [0.4, 0.5) is 4.79 Å². The summed E-state index contributed by atoms with van der Waals surface area (Å²) in [4.78, 5) is 28.0. The predicted molar refractivity (Wildman–Crippen MR) is 87.0 cm³/mol. The lowest BCUT2D eigenvalue weighted by atomic mass is 10.1. The van der Waals surface area contributed by atoms with Crippen molar-refractivity contribution in [3.8, 4) is 0 Å². The Morgan fingerprint density at radius 3 is 2.61 bits per heavy atom. The van der Waals surface area contributed by atoms with E-state index in [0.717, 1.165) is 0 Å². The molecule has 0 aromatic carbocycles. The number of fused-ring (bicyclic) bond motifs is 1. The van der Waals surface area contributed by atoms with Gasteiger partial charge in [-0.25, -0.2) is 4.79 Å². The van der Waals surface area contributed by atoms with Gasteiger partial charge in [-0.1, -0.05) is 18.2 Å². The summed E-state index contributed by atoms with van der Waals surface area (Å²) in [5, 5.41) is 0. The smallest absolute Gasteiger partial charge is 0.410 e. The van der Waals surface area contributed by atoms with Crippen molar-refractivity contribution in [2.24, 2.45) is 0 Å². The third-order valence-electron chi connectivity index (χ3n) is 3.78. The van der Waals surface area contributed by atoms with E-state index >= 15 is 0 Å². The van der Waals surface area contributed by atoms with E-state index < -0.39 is 5.60 Å². The number of hydrogen-bond donors (Lipinski definition) is 0. The molecule has 2 saturated heterocycles. The number of rotatable bonds is 2. The molecule has 0 radical (unpaired) electrons. The summed E-state index contributed by atoms with van der Waals surface area (Å²) in [6, 6.07) is -0.112. The van der Waals surface area contributed by atoms with Crippen LogP contribution < -0.4 is 0 Å². The van der Waals surface area contributed by atoms with Crippen LogP contribution in [-0.4, -0.2) is 65.8 Å². The summed E-state index contributed by atoms with van der Waals surface area (Å²) in [7, 11) is 0. The molecule has 6 heteroatoms. The largest absolute Gasteiger partial charge is 0.444 e. The number of nitrogens with zero attached hydrogens (tertiary/aromatic N) is 2. The zero-order valence-electron chi connectivity index (χ0n) is 14.3. The first-order valence-corrected chi connectivity index (χ1v) is 8.01. The fourth-order valence-electron chi connectivity index (χ4n) is 2.78. The van der Waals surface area contributed by atoms with E-state index in [0.29, 0.717) is 26.2 Å². The normalized spacial score (nSPS) is 25.2. The van der Waals surface area contributed by atoms with Gasteiger partial charge in [0.15, 0.2) is 0 Å². The topological polar surface area (TPSA) is 59.1 Å². The van der Waals surface area contributed by atoms with E-state index in [-0.39, 0.29) is 24.1 Å². The maximum Gasteiger partial charge on any atom is 0.410 e. The first-order valence-electron chi connectivity index (χ1n) is 8.01. The average Bonchev–Trinajstić information content (AvgIpc) is 2.89. The lowest BCUT2D eigenvalue weighted by Gasteiger charge is -2.36. The highest BCUT2D eigenvalue weighted by atomic mass is 16.6. The molecule has 2 atom stereocenters. The quantitative estimate of drug-likeness (QED) is 0.576. The second-order valence-electron chi connectivity index (χ2n) is 6.78. The number of likely N-dealkylation sites (tertiary alicyclic amines) is 1. The summed E-state index contributed by atoms with van der Waals surface area (Å²) in [5.74, 6) is -0.0487. The van der Waals surface area contributed by atoms with Gasteiger partial charge in [-0.2, -0.15) is 0 Å². The van der Waals surface area contributed by atoms with Crippen molar-refractivity contribution in [2.45, 2.75) is 45.4 Å². The summed E-state index contributed by atoms with van der Waals surface area (Å²) < 4.78 is 11.1. The fourth-order valence-corrected chi connectivity index (χ4v) is 2.78. The maximum atomic E-state index is 12.3. The van der Waals surface area contributed by atoms with Crippen molar-refractivity contribution in [3.05, 3.63) is 24.3 Å². The Labute approximate surface area is 137 Å². The first kappa shape index (κ1) is 17.5. The van der Waals surface area contributed by atoms with Crippen LogP contribution in [0.25, 0.3) is 0 Å². The summed E-state index contributed by atoms with van der Waals surface area (Å²) >= 11 is 0. The lowest BCUT2D eigenvalue weighted by Crippen LogP contribution is -2.52. The minimum Gasteiger partial charge on any atom is -0.444 e. The zero-order chi connectivity index (χ0) is 17.0. The summed E-state index contributed by atoms with van der Waals surface area (Å²) in [6.07, 6.45) is 6.47. The van der Waals surface area contributed by atoms with E-state index in [1.54, 1.807) is 22.0 Å². The molecule has 128 valence electrons. The van der Waals surface area contributed by atoms with Crippen molar-refractivity contribution in [1.29, 1.82) is 0 Å². The van der Waals surface area contributed by atoms with E-state index in [4.69, 9.17) is 9.47 Å². The number of hydrogen-bond acceptors (Lipinski definition) is 4. The van der Waals surface area contributed by atoms with Gasteiger partial charge in [-0.15, -0.1) is 0 Å². The van der Waals surface area contributed by atoms with Crippen LogP contribution in [0.3, 0.4) is 0 Å². The van der Waals surface area contributed by atoms with Crippen LogP contribution in [-0.2, 0) is 14.3 Å². The van der Waals surface area contributed by atoms with Gasteiger partial charge in [0.1, 0.15) is 5.60 Å². The molecular weight excluding hydrogens is 296 g/mol. The van der Waals surface area contributed by atoms with Crippen LogP contribution >= 0.6 is 0 Å². The molecule has 0 saturated carbocycles. The van der Waals surface area contributed by atoms with E-state index in [2.05, 4.69) is 0 Å². The molecular formula is C17H26N2O4. The Hall–Kier alpha value is -1.82. The zero-order valence-corrected chi connectivity index (χ0v) is 14.3. The van der Waals surface area contributed by atoms with Crippen molar-refractivity contribution in [1.82, 2.24) is 9.80 Å². The highest BCUT2D eigenvalue weighted by molar-refractivity contribution is 5.88. The molecule has 0 unspecified atom stereocenters. The van der Waals surface area contributed by atoms with Crippen molar-refractivity contribution >= 4 is 12.0 Å². The SMILES string of the molecule is C/C=C/C=C/C(=O)N1CCO[C@@H]2CN(C(=O)OC(C)(C)C)C[C@@H]21. The molecule has 2 rings (SSSR count).